The molecule has 130 valence electrons. The van der Waals surface area contributed by atoms with Crippen LogP contribution < -0.4 is 10.9 Å². The summed E-state index contributed by atoms with van der Waals surface area (Å²) in [5.41, 5.74) is 9.93. The number of hydrogen-bond acceptors (Lipinski definition) is 2. The van der Waals surface area contributed by atoms with Crippen LogP contribution in [0.2, 0.25) is 0 Å². The van der Waals surface area contributed by atoms with E-state index in [-0.39, 0.29) is 11.8 Å². The molecule has 3 rings (SSSR count). The average molecular weight is 344 g/mol. The molecule has 4 nitrogen and oxygen atoms in total. The van der Waals surface area contributed by atoms with Gasteiger partial charge in [0.25, 0.3) is 11.8 Å². The minimum atomic E-state index is -0.357. The Morgan fingerprint density at radius 1 is 0.654 bits per heavy atom. The van der Waals surface area contributed by atoms with Crippen molar-refractivity contribution in [2.75, 3.05) is 0 Å². The summed E-state index contributed by atoms with van der Waals surface area (Å²) < 4.78 is 0. The second kappa shape index (κ2) is 7.66. The maximum absolute atomic E-state index is 12.6. The highest BCUT2D eigenvalue weighted by Gasteiger charge is 2.14. The SMILES string of the molecule is Cc1ccc(C(=O)NNC(=O)c2ccccc2-c2ccccc2C)cc1. The monoisotopic (exact) mass is 344 g/mol. The second-order valence-corrected chi connectivity index (χ2v) is 6.13. The van der Waals surface area contributed by atoms with Gasteiger partial charge in [-0.15, -0.1) is 0 Å². The smallest absolute Gasteiger partial charge is 0.267 e. The predicted molar refractivity (Wildman–Crippen MR) is 103 cm³/mol. The largest absolute Gasteiger partial charge is 0.270 e. The molecule has 2 N–H and O–H groups in total. The average Bonchev–Trinajstić information content (AvgIpc) is 2.67. The molecular formula is C22H20N2O2. The summed E-state index contributed by atoms with van der Waals surface area (Å²) in [6.07, 6.45) is 0. The fourth-order valence-electron chi connectivity index (χ4n) is 2.75. The highest BCUT2D eigenvalue weighted by molar-refractivity contribution is 6.03. The number of carbonyl (C=O) groups excluding carboxylic acids is 2. The van der Waals surface area contributed by atoms with Gasteiger partial charge in [-0.05, 0) is 48.7 Å². The number of amides is 2. The summed E-state index contributed by atoms with van der Waals surface area (Å²) in [6.45, 7) is 3.95. The number of benzene rings is 3. The molecular weight excluding hydrogens is 324 g/mol. The first-order chi connectivity index (χ1) is 12.6. The Hall–Kier alpha value is -3.40. The molecule has 0 radical (unpaired) electrons. The zero-order valence-electron chi connectivity index (χ0n) is 14.7. The summed E-state index contributed by atoms with van der Waals surface area (Å²) in [7, 11) is 0. The summed E-state index contributed by atoms with van der Waals surface area (Å²) in [4.78, 5) is 24.8. The van der Waals surface area contributed by atoms with Crippen molar-refractivity contribution in [3.05, 3.63) is 95.1 Å². The van der Waals surface area contributed by atoms with Gasteiger partial charge < -0.3 is 0 Å². The number of aryl methyl sites for hydroxylation is 2. The third kappa shape index (κ3) is 3.81. The van der Waals surface area contributed by atoms with Gasteiger partial charge in [0.2, 0.25) is 0 Å². The summed E-state index contributed by atoms with van der Waals surface area (Å²) in [6, 6.07) is 22.4. The molecule has 4 heteroatoms. The highest BCUT2D eigenvalue weighted by Crippen LogP contribution is 2.26. The molecule has 0 aliphatic heterocycles. The lowest BCUT2D eigenvalue weighted by Crippen LogP contribution is -2.41. The molecule has 0 bridgehead atoms. The first-order valence-corrected chi connectivity index (χ1v) is 8.38. The summed E-state index contributed by atoms with van der Waals surface area (Å²) >= 11 is 0. The summed E-state index contributed by atoms with van der Waals surface area (Å²) in [5, 5.41) is 0. The van der Waals surface area contributed by atoms with Crippen LogP contribution in [0.15, 0.2) is 72.8 Å². The van der Waals surface area contributed by atoms with E-state index in [1.54, 1.807) is 24.3 Å². The normalized spacial score (nSPS) is 10.2. The van der Waals surface area contributed by atoms with Crippen LogP contribution in [0.4, 0.5) is 0 Å². The maximum Gasteiger partial charge on any atom is 0.270 e. The molecule has 3 aromatic carbocycles. The van der Waals surface area contributed by atoms with E-state index in [9.17, 15) is 9.59 Å². The predicted octanol–water partition coefficient (Wildman–Crippen LogP) is 4.05. The third-order valence-electron chi connectivity index (χ3n) is 4.21. The van der Waals surface area contributed by atoms with Crippen molar-refractivity contribution in [3.8, 4) is 11.1 Å². The molecule has 26 heavy (non-hydrogen) atoms. The topological polar surface area (TPSA) is 58.2 Å². The van der Waals surface area contributed by atoms with E-state index in [0.717, 1.165) is 22.3 Å². The van der Waals surface area contributed by atoms with Crippen molar-refractivity contribution >= 4 is 11.8 Å². The number of rotatable bonds is 3. The van der Waals surface area contributed by atoms with Crippen LogP contribution in [0.3, 0.4) is 0 Å². The van der Waals surface area contributed by atoms with Crippen molar-refractivity contribution in [3.63, 3.8) is 0 Å². The lowest BCUT2D eigenvalue weighted by molar-refractivity contribution is 0.0847. The fraction of sp³-hybridized carbons (Fsp3) is 0.0909. The van der Waals surface area contributed by atoms with Gasteiger partial charge >= 0.3 is 0 Å². The Balaban J connectivity index is 1.78. The quantitative estimate of drug-likeness (QED) is 0.704. The van der Waals surface area contributed by atoms with Crippen LogP contribution in [0.1, 0.15) is 31.8 Å². The Morgan fingerprint density at radius 2 is 1.23 bits per heavy atom. The van der Waals surface area contributed by atoms with E-state index in [1.165, 1.54) is 0 Å². The van der Waals surface area contributed by atoms with Crippen LogP contribution in [0.25, 0.3) is 11.1 Å². The fourth-order valence-corrected chi connectivity index (χ4v) is 2.75. The molecule has 0 saturated carbocycles. The van der Waals surface area contributed by atoms with E-state index in [1.807, 2.05) is 62.4 Å². The Kier molecular flexibility index (Phi) is 5.13. The van der Waals surface area contributed by atoms with Gasteiger partial charge in [0.15, 0.2) is 0 Å². The molecule has 0 atom stereocenters. The van der Waals surface area contributed by atoms with Crippen LogP contribution in [-0.2, 0) is 0 Å². The van der Waals surface area contributed by atoms with Crippen molar-refractivity contribution in [2.24, 2.45) is 0 Å². The molecule has 2 amide bonds. The first kappa shape index (κ1) is 17.4. The van der Waals surface area contributed by atoms with Gasteiger partial charge in [0.1, 0.15) is 0 Å². The molecule has 3 aromatic rings. The van der Waals surface area contributed by atoms with Gasteiger partial charge in [-0.2, -0.15) is 0 Å². The first-order valence-electron chi connectivity index (χ1n) is 8.38. The molecule has 0 aromatic heterocycles. The Labute approximate surface area is 152 Å². The van der Waals surface area contributed by atoms with E-state index < -0.39 is 0 Å². The molecule has 0 spiro atoms. The molecule has 0 fully saturated rings. The van der Waals surface area contributed by atoms with E-state index in [0.29, 0.717) is 11.1 Å². The van der Waals surface area contributed by atoms with Gasteiger partial charge in [-0.3, -0.25) is 20.4 Å². The highest BCUT2D eigenvalue weighted by atomic mass is 16.2. The molecule has 0 aliphatic rings. The number of nitrogens with one attached hydrogen (secondary N) is 2. The second-order valence-electron chi connectivity index (χ2n) is 6.13. The zero-order valence-corrected chi connectivity index (χ0v) is 14.7. The van der Waals surface area contributed by atoms with Crippen molar-refractivity contribution in [1.29, 1.82) is 0 Å². The van der Waals surface area contributed by atoms with Crippen LogP contribution in [0, 0.1) is 13.8 Å². The minimum Gasteiger partial charge on any atom is -0.267 e. The third-order valence-corrected chi connectivity index (χ3v) is 4.21. The van der Waals surface area contributed by atoms with Crippen molar-refractivity contribution < 1.29 is 9.59 Å². The van der Waals surface area contributed by atoms with Gasteiger partial charge in [-0.1, -0.05) is 60.2 Å². The lowest BCUT2D eigenvalue weighted by Gasteiger charge is -2.13. The Bertz CT molecular complexity index is 946. The number of hydrogen-bond donors (Lipinski definition) is 2. The van der Waals surface area contributed by atoms with Crippen LogP contribution in [0.5, 0.6) is 0 Å². The number of hydrazine groups is 1. The van der Waals surface area contributed by atoms with E-state index in [4.69, 9.17) is 0 Å². The van der Waals surface area contributed by atoms with Crippen molar-refractivity contribution in [2.45, 2.75) is 13.8 Å². The summed E-state index contributed by atoms with van der Waals surface area (Å²) in [5.74, 6) is -0.712. The van der Waals surface area contributed by atoms with E-state index in [2.05, 4.69) is 10.9 Å². The van der Waals surface area contributed by atoms with Crippen LogP contribution >= 0.6 is 0 Å². The molecule has 0 heterocycles. The number of carbonyl (C=O) groups is 2. The Morgan fingerprint density at radius 3 is 1.92 bits per heavy atom. The minimum absolute atomic E-state index is 0.355. The molecule has 0 aliphatic carbocycles. The molecule has 0 unspecified atom stereocenters. The molecule has 0 saturated heterocycles. The van der Waals surface area contributed by atoms with Crippen molar-refractivity contribution in [1.82, 2.24) is 10.9 Å². The lowest BCUT2D eigenvalue weighted by atomic mass is 9.96. The van der Waals surface area contributed by atoms with Gasteiger partial charge in [0.05, 0.1) is 0 Å². The zero-order chi connectivity index (χ0) is 18.5. The maximum atomic E-state index is 12.6. The van der Waals surface area contributed by atoms with Gasteiger partial charge in [-0.25, -0.2) is 0 Å². The van der Waals surface area contributed by atoms with E-state index >= 15 is 0 Å². The van der Waals surface area contributed by atoms with Gasteiger partial charge in [0, 0.05) is 11.1 Å². The van der Waals surface area contributed by atoms with Crippen LogP contribution in [-0.4, -0.2) is 11.8 Å². The standard InChI is InChI=1S/C22H20N2O2/c1-15-11-13-17(14-12-15)21(25)23-24-22(26)20-10-6-5-9-19(20)18-8-4-3-7-16(18)2/h3-14H,1-2H3,(H,23,25)(H,24,26).